The number of benzene rings is 3. The summed E-state index contributed by atoms with van der Waals surface area (Å²) >= 11 is 0. The summed E-state index contributed by atoms with van der Waals surface area (Å²) in [6, 6.07) is 20.0. The van der Waals surface area contributed by atoms with Crippen LogP contribution in [0.1, 0.15) is 53.9 Å². The molecule has 7 nitrogen and oxygen atoms in total. The molecule has 0 saturated heterocycles. The van der Waals surface area contributed by atoms with Gasteiger partial charge in [-0.05, 0) is 73.9 Å². The lowest BCUT2D eigenvalue weighted by Gasteiger charge is -2.35. The highest BCUT2D eigenvalue weighted by Crippen LogP contribution is 2.47. The number of ether oxygens (including phenoxy) is 3. The van der Waals surface area contributed by atoms with E-state index in [0.717, 1.165) is 44.8 Å². The molecule has 0 fully saturated rings. The van der Waals surface area contributed by atoms with Gasteiger partial charge < -0.3 is 25.3 Å². The molecule has 0 saturated carbocycles. The van der Waals surface area contributed by atoms with E-state index in [1.807, 2.05) is 30.3 Å². The fraction of sp³-hybridized carbons (Fsp3) is 0.212. The fourth-order valence-electron chi connectivity index (χ4n) is 5.39. The summed E-state index contributed by atoms with van der Waals surface area (Å²) < 4.78 is 17.1. The molecule has 0 spiro atoms. The van der Waals surface area contributed by atoms with Crippen LogP contribution in [-0.2, 0) is 0 Å². The van der Waals surface area contributed by atoms with Gasteiger partial charge >= 0.3 is 5.97 Å². The van der Waals surface area contributed by atoms with Gasteiger partial charge in [0.25, 0.3) is 0 Å². The highest BCUT2D eigenvalue weighted by Gasteiger charge is 2.30. The summed E-state index contributed by atoms with van der Waals surface area (Å²) in [5, 5.41) is 3.64. The van der Waals surface area contributed by atoms with Crippen molar-refractivity contribution in [2.45, 2.75) is 32.4 Å². The summed E-state index contributed by atoms with van der Waals surface area (Å²) in [5.74, 6) is 1.17. The number of hydrogen-bond acceptors (Lipinski definition) is 7. The van der Waals surface area contributed by atoms with Crippen molar-refractivity contribution in [2.75, 3.05) is 19.5 Å². The van der Waals surface area contributed by atoms with Crippen LogP contribution in [0.25, 0.3) is 16.7 Å². The standard InChI is InChI=1S/C33H33N3O4/c1-20-19-33(2,3)36-26-13-12-24(30(29(20)26)31(34)25-8-6-7-9-27(25)38-4)23-11-10-22(18-28(23)39-5)40-32(37)21-14-16-35-17-15-21/h6-19,31,36H,34H2,1-5H3. The van der Waals surface area contributed by atoms with E-state index in [1.54, 1.807) is 50.9 Å². The number of carbonyl (C=O) groups is 1. The number of anilines is 1. The minimum atomic E-state index is -0.499. The number of nitrogens with one attached hydrogen (secondary N) is 1. The number of pyridine rings is 1. The third-order valence-corrected chi connectivity index (χ3v) is 7.05. The van der Waals surface area contributed by atoms with Gasteiger partial charge in [-0.25, -0.2) is 4.79 Å². The number of carbonyl (C=O) groups excluding carboxylic acids is 1. The van der Waals surface area contributed by atoms with Crippen LogP contribution in [0.3, 0.4) is 0 Å². The van der Waals surface area contributed by atoms with Gasteiger partial charge in [0.2, 0.25) is 0 Å². The first kappa shape index (κ1) is 27.0. The molecule has 0 aliphatic carbocycles. The van der Waals surface area contributed by atoms with Gasteiger partial charge in [0, 0.05) is 40.8 Å². The van der Waals surface area contributed by atoms with Crippen molar-refractivity contribution in [2.24, 2.45) is 5.73 Å². The van der Waals surface area contributed by atoms with E-state index in [4.69, 9.17) is 19.9 Å². The third kappa shape index (κ3) is 5.16. The van der Waals surface area contributed by atoms with Crippen LogP contribution < -0.4 is 25.3 Å². The fourth-order valence-corrected chi connectivity index (χ4v) is 5.39. The summed E-state index contributed by atoms with van der Waals surface area (Å²) in [6.07, 6.45) is 5.32. The normalized spacial score (nSPS) is 14.3. The molecular weight excluding hydrogens is 502 g/mol. The Labute approximate surface area is 234 Å². The first-order chi connectivity index (χ1) is 19.2. The van der Waals surface area contributed by atoms with Crippen molar-refractivity contribution in [3.63, 3.8) is 0 Å². The Kier molecular flexibility index (Phi) is 7.32. The van der Waals surface area contributed by atoms with Crippen LogP contribution in [0, 0.1) is 0 Å². The number of rotatable bonds is 7. The van der Waals surface area contributed by atoms with Crippen LogP contribution in [0.15, 0.2) is 85.2 Å². The zero-order valence-corrected chi connectivity index (χ0v) is 23.3. The lowest BCUT2D eigenvalue weighted by Crippen LogP contribution is -2.32. The quantitative estimate of drug-likeness (QED) is 0.202. The van der Waals surface area contributed by atoms with E-state index in [1.165, 1.54) is 0 Å². The zero-order valence-electron chi connectivity index (χ0n) is 23.3. The summed E-state index contributed by atoms with van der Waals surface area (Å²) in [4.78, 5) is 16.6. The minimum absolute atomic E-state index is 0.206. The molecule has 1 aromatic heterocycles. The van der Waals surface area contributed by atoms with Crippen LogP contribution in [0.4, 0.5) is 5.69 Å². The smallest absolute Gasteiger partial charge is 0.343 e. The maximum atomic E-state index is 12.6. The van der Waals surface area contributed by atoms with Gasteiger partial charge in [0.05, 0.1) is 31.4 Å². The number of hydrogen-bond donors (Lipinski definition) is 2. The van der Waals surface area contributed by atoms with E-state index in [0.29, 0.717) is 17.1 Å². The summed E-state index contributed by atoms with van der Waals surface area (Å²) in [6.45, 7) is 6.40. The van der Waals surface area contributed by atoms with Gasteiger partial charge in [-0.3, -0.25) is 4.98 Å². The average molecular weight is 536 g/mol. The second-order valence-corrected chi connectivity index (χ2v) is 10.3. The van der Waals surface area contributed by atoms with Crippen molar-refractivity contribution < 1.29 is 19.0 Å². The zero-order chi connectivity index (χ0) is 28.4. The Balaban J connectivity index is 1.65. The molecule has 1 aliphatic heterocycles. The Bertz CT molecular complexity index is 1600. The molecule has 7 heteroatoms. The maximum absolute atomic E-state index is 12.6. The monoisotopic (exact) mass is 535 g/mol. The topological polar surface area (TPSA) is 95.7 Å². The number of nitrogens with two attached hydrogens (primary N) is 1. The summed E-state index contributed by atoms with van der Waals surface area (Å²) in [7, 11) is 3.25. The average Bonchev–Trinajstić information content (AvgIpc) is 2.96. The van der Waals surface area contributed by atoms with Gasteiger partial charge in [0.1, 0.15) is 17.2 Å². The number of fused-ring (bicyclic) bond motifs is 1. The lowest BCUT2D eigenvalue weighted by atomic mass is 9.81. The van der Waals surface area contributed by atoms with Gasteiger partial charge in [-0.1, -0.05) is 30.3 Å². The van der Waals surface area contributed by atoms with Crippen LogP contribution in [-0.4, -0.2) is 30.7 Å². The van der Waals surface area contributed by atoms with Gasteiger partial charge in [0.15, 0.2) is 0 Å². The van der Waals surface area contributed by atoms with Crippen molar-refractivity contribution in [3.8, 4) is 28.4 Å². The van der Waals surface area contributed by atoms with E-state index in [9.17, 15) is 4.79 Å². The molecule has 1 unspecified atom stereocenters. The van der Waals surface area contributed by atoms with Crippen molar-refractivity contribution in [3.05, 3.63) is 107 Å². The van der Waals surface area contributed by atoms with Crippen molar-refractivity contribution in [1.82, 2.24) is 4.98 Å². The molecule has 2 heterocycles. The number of esters is 1. The highest BCUT2D eigenvalue weighted by atomic mass is 16.5. The number of aromatic nitrogens is 1. The molecule has 1 atom stereocenters. The number of methoxy groups -OCH3 is 2. The summed E-state index contributed by atoms with van der Waals surface area (Å²) in [5.41, 5.74) is 14.0. The second-order valence-electron chi connectivity index (χ2n) is 10.3. The SMILES string of the molecule is COc1cc(OC(=O)c2ccncc2)ccc1-c1ccc2c(c1C(N)c1ccccc1OC)C(C)=CC(C)(C)N2. The number of allylic oxidation sites excluding steroid dienone is 1. The molecule has 1 aliphatic rings. The van der Waals surface area contributed by atoms with E-state index in [-0.39, 0.29) is 5.54 Å². The highest BCUT2D eigenvalue weighted by molar-refractivity contribution is 5.92. The van der Waals surface area contributed by atoms with Gasteiger partial charge in [-0.15, -0.1) is 0 Å². The predicted octanol–water partition coefficient (Wildman–Crippen LogP) is 6.64. The Morgan fingerprint density at radius 2 is 1.62 bits per heavy atom. The molecule has 3 N–H and O–H groups in total. The second kappa shape index (κ2) is 10.9. The first-order valence-electron chi connectivity index (χ1n) is 13.1. The molecule has 3 aromatic carbocycles. The third-order valence-electron chi connectivity index (χ3n) is 7.05. The molecule has 0 radical (unpaired) electrons. The van der Waals surface area contributed by atoms with Crippen LogP contribution in [0.5, 0.6) is 17.2 Å². The number of para-hydroxylation sites is 1. The molecule has 4 aromatic rings. The largest absolute Gasteiger partial charge is 0.496 e. The predicted molar refractivity (Wildman–Crippen MR) is 158 cm³/mol. The molecule has 5 rings (SSSR count). The van der Waals surface area contributed by atoms with Gasteiger partial charge in [-0.2, -0.15) is 0 Å². The van der Waals surface area contributed by atoms with E-state index in [2.05, 4.69) is 49.3 Å². The van der Waals surface area contributed by atoms with E-state index < -0.39 is 12.0 Å². The lowest BCUT2D eigenvalue weighted by molar-refractivity contribution is 0.0734. The molecule has 0 bridgehead atoms. The first-order valence-corrected chi connectivity index (χ1v) is 13.1. The molecule has 40 heavy (non-hydrogen) atoms. The van der Waals surface area contributed by atoms with Crippen LogP contribution in [0.2, 0.25) is 0 Å². The van der Waals surface area contributed by atoms with Crippen molar-refractivity contribution in [1.29, 1.82) is 0 Å². The Hall–Kier alpha value is -4.62. The molecule has 204 valence electrons. The minimum Gasteiger partial charge on any atom is -0.496 e. The Morgan fingerprint density at radius 1 is 0.925 bits per heavy atom. The van der Waals surface area contributed by atoms with E-state index >= 15 is 0 Å². The maximum Gasteiger partial charge on any atom is 0.343 e. The molecule has 0 amide bonds. The van der Waals surface area contributed by atoms with Crippen molar-refractivity contribution >= 4 is 17.2 Å². The number of nitrogens with zero attached hydrogens (tertiary/aromatic N) is 1. The molecular formula is C33H33N3O4. The van der Waals surface area contributed by atoms with Crippen LogP contribution >= 0.6 is 0 Å². The Morgan fingerprint density at radius 3 is 2.35 bits per heavy atom.